The molecule has 0 bridgehead atoms. The van der Waals surface area contributed by atoms with E-state index in [1.54, 1.807) is 6.92 Å². The molecule has 1 atom stereocenters. The van der Waals surface area contributed by atoms with Crippen molar-refractivity contribution in [3.8, 4) is 6.07 Å². The summed E-state index contributed by atoms with van der Waals surface area (Å²) in [6.07, 6.45) is 0. The first-order valence-corrected chi connectivity index (χ1v) is 8.13. The molecule has 0 heterocycles. The van der Waals surface area contributed by atoms with Crippen molar-refractivity contribution < 1.29 is 13.2 Å². The lowest BCUT2D eigenvalue weighted by molar-refractivity contribution is 0.550. The zero-order chi connectivity index (χ0) is 19.1. The van der Waals surface area contributed by atoms with Crippen LogP contribution in [-0.4, -0.2) is 12.5 Å². The third kappa shape index (κ3) is 6.43. The number of halogens is 4. The van der Waals surface area contributed by atoms with Crippen LogP contribution in [0.3, 0.4) is 0 Å². The monoisotopic (exact) mass is 488 g/mol. The van der Waals surface area contributed by atoms with Gasteiger partial charge in [-0.2, -0.15) is 5.26 Å². The van der Waals surface area contributed by atoms with Crippen LogP contribution in [0.5, 0.6) is 0 Å². The molecule has 2 aromatic carbocycles. The number of rotatable bonds is 5. The highest BCUT2D eigenvalue weighted by Crippen LogP contribution is 2.18. The van der Waals surface area contributed by atoms with Crippen LogP contribution in [0.4, 0.5) is 13.2 Å². The summed E-state index contributed by atoms with van der Waals surface area (Å²) >= 11 is 0. The van der Waals surface area contributed by atoms with Crippen molar-refractivity contribution in [1.29, 1.82) is 5.26 Å². The Kier molecular flexibility index (Phi) is 9.08. The van der Waals surface area contributed by atoms with Gasteiger partial charge in [-0.05, 0) is 38.1 Å². The Hall–Kier alpha value is -2.28. The van der Waals surface area contributed by atoms with E-state index in [0.29, 0.717) is 18.1 Å². The minimum Gasteiger partial charge on any atom is -0.357 e. The van der Waals surface area contributed by atoms with Gasteiger partial charge < -0.3 is 10.6 Å². The van der Waals surface area contributed by atoms with Crippen LogP contribution in [0, 0.1) is 28.8 Å². The fourth-order valence-corrected chi connectivity index (χ4v) is 2.39. The highest BCUT2D eigenvalue weighted by molar-refractivity contribution is 14.0. The molecule has 0 aliphatic rings. The normalized spacial score (nSPS) is 11.9. The van der Waals surface area contributed by atoms with E-state index in [2.05, 4.69) is 15.6 Å². The zero-order valence-electron chi connectivity index (χ0n) is 14.9. The Morgan fingerprint density at radius 1 is 1.15 bits per heavy atom. The Labute approximate surface area is 173 Å². The molecule has 2 N–H and O–H groups in total. The highest BCUT2D eigenvalue weighted by atomic mass is 127. The van der Waals surface area contributed by atoms with E-state index in [1.807, 2.05) is 13.0 Å². The maximum atomic E-state index is 13.9. The van der Waals surface area contributed by atoms with Gasteiger partial charge in [0, 0.05) is 23.7 Å². The number of nitrogens with one attached hydrogen (secondary N) is 2. The van der Waals surface area contributed by atoms with Gasteiger partial charge in [0.25, 0.3) is 0 Å². The van der Waals surface area contributed by atoms with Gasteiger partial charge in [0.1, 0.15) is 17.5 Å². The predicted octanol–water partition coefficient (Wildman–Crippen LogP) is 4.41. The van der Waals surface area contributed by atoms with Gasteiger partial charge in [-0.1, -0.05) is 6.07 Å². The molecule has 0 fully saturated rings. The second-order valence-electron chi connectivity index (χ2n) is 5.65. The summed E-state index contributed by atoms with van der Waals surface area (Å²) in [7, 11) is 0. The molecule has 0 radical (unpaired) electrons. The summed E-state index contributed by atoms with van der Waals surface area (Å²) in [4.78, 5) is 4.28. The van der Waals surface area contributed by atoms with Crippen molar-refractivity contribution in [2.24, 2.45) is 4.99 Å². The third-order valence-corrected chi connectivity index (χ3v) is 3.71. The minimum atomic E-state index is -0.659. The van der Waals surface area contributed by atoms with E-state index in [-0.39, 0.29) is 41.6 Å². The average molecular weight is 488 g/mol. The molecule has 0 amide bonds. The standard InChI is InChI=1S/C19H19F3N4.HI/c1-3-24-19(25-11-14-8-13(10-23)4-7-17(14)21)26-12(2)16-6-5-15(20)9-18(16)22;/h4-9,12H,3,11H2,1-2H3,(H2,24,25,26);1H. The summed E-state index contributed by atoms with van der Waals surface area (Å²) in [5.74, 6) is -1.41. The summed E-state index contributed by atoms with van der Waals surface area (Å²) in [6.45, 7) is 4.12. The minimum absolute atomic E-state index is 0. The molecule has 0 spiro atoms. The van der Waals surface area contributed by atoms with Gasteiger partial charge in [0.15, 0.2) is 5.96 Å². The molecule has 4 nitrogen and oxygen atoms in total. The third-order valence-electron chi connectivity index (χ3n) is 3.71. The Morgan fingerprint density at radius 3 is 2.52 bits per heavy atom. The molecule has 0 aromatic heterocycles. The SMILES string of the molecule is CCNC(=NCc1cc(C#N)ccc1F)NC(C)c1ccc(F)cc1F.I. The van der Waals surface area contributed by atoms with E-state index in [0.717, 1.165) is 6.07 Å². The van der Waals surface area contributed by atoms with Crippen molar-refractivity contribution in [2.75, 3.05) is 6.54 Å². The van der Waals surface area contributed by atoms with Crippen LogP contribution >= 0.6 is 24.0 Å². The molecule has 144 valence electrons. The maximum absolute atomic E-state index is 13.9. The molecule has 1 unspecified atom stereocenters. The topological polar surface area (TPSA) is 60.2 Å². The number of aliphatic imine (C=N–C) groups is 1. The van der Waals surface area contributed by atoms with E-state index < -0.39 is 23.5 Å². The van der Waals surface area contributed by atoms with Crippen LogP contribution in [0.15, 0.2) is 41.4 Å². The molecule has 0 saturated heterocycles. The fourth-order valence-electron chi connectivity index (χ4n) is 2.39. The van der Waals surface area contributed by atoms with Crippen LogP contribution in [-0.2, 0) is 6.54 Å². The lowest BCUT2D eigenvalue weighted by atomic mass is 10.1. The van der Waals surface area contributed by atoms with Crippen molar-refractivity contribution in [3.05, 3.63) is 70.5 Å². The lowest BCUT2D eigenvalue weighted by Crippen LogP contribution is -2.39. The second kappa shape index (κ2) is 10.8. The molecule has 0 saturated carbocycles. The molecule has 8 heteroatoms. The summed E-state index contributed by atoms with van der Waals surface area (Å²) in [6, 6.07) is 8.89. The van der Waals surface area contributed by atoms with Crippen LogP contribution in [0.25, 0.3) is 0 Å². The van der Waals surface area contributed by atoms with E-state index in [1.165, 1.54) is 30.3 Å². The number of hydrogen-bond donors (Lipinski definition) is 2. The van der Waals surface area contributed by atoms with Gasteiger partial charge in [0.2, 0.25) is 0 Å². The first-order valence-electron chi connectivity index (χ1n) is 8.13. The van der Waals surface area contributed by atoms with Crippen molar-refractivity contribution in [1.82, 2.24) is 10.6 Å². The largest absolute Gasteiger partial charge is 0.357 e. The Balaban J connectivity index is 0.00000364. The van der Waals surface area contributed by atoms with Crippen molar-refractivity contribution in [2.45, 2.75) is 26.4 Å². The molecular formula is C19H20F3IN4. The number of nitriles is 1. The smallest absolute Gasteiger partial charge is 0.192 e. The number of hydrogen-bond acceptors (Lipinski definition) is 2. The summed E-state index contributed by atoms with van der Waals surface area (Å²) < 4.78 is 40.8. The summed E-state index contributed by atoms with van der Waals surface area (Å²) in [5.41, 5.74) is 0.910. The van der Waals surface area contributed by atoms with Gasteiger partial charge >= 0.3 is 0 Å². The van der Waals surface area contributed by atoms with Gasteiger partial charge in [-0.3, -0.25) is 0 Å². The van der Waals surface area contributed by atoms with Crippen molar-refractivity contribution >= 4 is 29.9 Å². The van der Waals surface area contributed by atoms with Crippen LogP contribution in [0.2, 0.25) is 0 Å². The van der Waals surface area contributed by atoms with Crippen LogP contribution < -0.4 is 10.6 Å². The maximum Gasteiger partial charge on any atom is 0.192 e. The first-order chi connectivity index (χ1) is 12.4. The average Bonchev–Trinajstić information content (AvgIpc) is 2.60. The van der Waals surface area contributed by atoms with E-state index in [4.69, 9.17) is 5.26 Å². The fraction of sp³-hybridized carbons (Fsp3) is 0.263. The predicted molar refractivity (Wildman–Crippen MR) is 109 cm³/mol. The molecular weight excluding hydrogens is 468 g/mol. The lowest BCUT2D eigenvalue weighted by Gasteiger charge is -2.18. The van der Waals surface area contributed by atoms with Gasteiger partial charge in [-0.25, -0.2) is 18.2 Å². The molecule has 27 heavy (non-hydrogen) atoms. The number of benzene rings is 2. The van der Waals surface area contributed by atoms with Gasteiger partial charge in [0.05, 0.1) is 24.2 Å². The van der Waals surface area contributed by atoms with E-state index in [9.17, 15) is 13.2 Å². The van der Waals surface area contributed by atoms with Crippen LogP contribution in [0.1, 0.15) is 36.6 Å². The highest BCUT2D eigenvalue weighted by Gasteiger charge is 2.13. The quantitative estimate of drug-likeness (QED) is 0.373. The number of nitrogens with zero attached hydrogens (tertiary/aromatic N) is 2. The molecule has 0 aliphatic carbocycles. The number of guanidine groups is 1. The first kappa shape index (κ1) is 22.8. The summed E-state index contributed by atoms with van der Waals surface area (Å²) in [5, 5.41) is 14.9. The Morgan fingerprint density at radius 2 is 1.89 bits per heavy atom. The zero-order valence-corrected chi connectivity index (χ0v) is 17.2. The van der Waals surface area contributed by atoms with Crippen molar-refractivity contribution in [3.63, 3.8) is 0 Å². The molecule has 2 aromatic rings. The molecule has 2 rings (SSSR count). The Bertz CT molecular complexity index is 849. The second-order valence-corrected chi connectivity index (χ2v) is 5.65. The van der Waals surface area contributed by atoms with Gasteiger partial charge in [-0.15, -0.1) is 24.0 Å². The van der Waals surface area contributed by atoms with E-state index >= 15 is 0 Å². The molecule has 0 aliphatic heterocycles.